The van der Waals surface area contributed by atoms with Crippen LogP contribution in [0.4, 0.5) is 0 Å². The average molecular weight is 424 g/mol. The van der Waals surface area contributed by atoms with Gasteiger partial charge in [0, 0.05) is 0 Å². The molecule has 0 saturated heterocycles. The van der Waals surface area contributed by atoms with E-state index in [9.17, 15) is 29.7 Å². The average Bonchev–Trinajstić information content (AvgIpc) is 2.55. The molecule has 0 rings (SSSR count). The molecule has 0 radical (unpaired) electrons. The Morgan fingerprint density at radius 3 is 1.04 bits per heavy atom. The molecule has 0 atom stereocenters. The van der Waals surface area contributed by atoms with Gasteiger partial charge in [-0.05, 0) is 37.5 Å². The van der Waals surface area contributed by atoms with Gasteiger partial charge in [-0.1, -0.05) is 26.7 Å². The van der Waals surface area contributed by atoms with E-state index >= 15 is 0 Å². The van der Waals surface area contributed by atoms with Gasteiger partial charge in [0.05, 0.1) is 17.9 Å². The third kappa shape index (κ3) is 68.4. The predicted octanol–water partition coefficient (Wildman–Crippen LogP) is -2.11. The molecule has 0 aromatic carbocycles. The fourth-order valence-electron chi connectivity index (χ4n) is 0.118. The number of aliphatic carboxylic acids is 3. The van der Waals surface area contributed by atoms with E-state index in [4.69, 9.17) is 8.42 Å². The second kappa shape index (κ2) is 29.0. The van der Waals surface area contributed by atoms with Gasteiger partial charge < -0.3 is 34.8 Å². The number of carboxylic acid groups (broad SMARTS) is 3. The van der Waals surface area contributed by atoms with Crippen LogP contribution < -0.4 is 20.4 Å². The van der Waals surface area contributed by atoms with Crippen molar-refractivity contribution in [3.05, 3.63) is 36.5 Å². The minimum atomic E-state index is -1.19. The van der Waals surface area contributed by atoms with Crippen LogP contribution in [0.3, 0.4) is 0 Å². The topological polar surface area (TPSA) is 162 Å². The Hall–Kier alpha value is -1.78. The molecule has 10 heteroatoms. The Labute approximate surface area is 170 Å². The third-order valence-corrected chi connectivity index (χ3v) is 2.23. The number of hydrogen-bond acceptors (Lipinski definition) is 9. The van der Waals surface area contributed by atoms with Crippen LogP contribution in [0, 0.1) is 0 Å². The fourth-order valence-corrected chi connectivity index (χ4v) is 0.486. The maximum atomic E-state index is 9.49. The van der Waals surface area contributed by atoms with Gasteiger partial charge in [0.15, 0.2) is 0 Å². The molecular weight excluding hydrogens is 396 g/mol. The van der Waals surface area contributed by atoms with Gasteiger partial charge in [0.2, 0.25) is 0 Å². The number of rotatable bonds is 6. The van der Waals surface area contributed by atoms with Crippen molar-refractivity contribution in [3.63, 3.8) is 0 Å². The van der Waals surface area contributed by atoms with Crippen molar-refractivity contribution in [1.82, 2.24) is 0 Å². The molecule has 0 aromatic rings. The zero-order chi connectivity index (χ0) is 23.0. The van der Waals surface area contributed by atoms with Gasteiger partial charge in [-0.15, -0.1) is 6.61 Å². The Morgan fingerprint density at radius 1 is 0.815 bits per heavy atom. The normalized spacial score (nSPS) is 7.81. The molecule has 0 fully saturated rings. The summed E-state index contributed by atoms with van der Waals surface area (Å²) in [7, 11) is 1.66. The van der Waals surface area contributed by atoms with Crippen molar-refractivity contribution in [2.75, 3.05) is 20.3 Å². The molecule has 0 aliphatic carbocycles. The molecule has 0 amide bonds. The third-order valence-electron chi connectivity index (χ3n) is 1.33. The number of carbonyl (C=O) groups excluding carboxylic acids is 3. The van der Waals surface area contributed by atoms with Crippen molar-refractivity contribution >= 4 is 17.9 Å². The van der Waals surface area contributed by atoms with Crippen molar-refractivity contribution in [2.45, 2.75) is 34.6 Å². The van der Waals surface area contributed by atoms with E-state index in [1.807, 2.05) is 6.92 Å². The van der Waals surface area contributed by atoms with Gasteiger partial charge in [-0.3, -0.25) is 0 Å². The summed E-state index contributed by atoms with van der Waals surface area (Å²) in [5, 5.41) is 37.4. The van der Waals surface area contributed by atoms with Crippen molar-refractivity contribution in [1.29, 1.82) is 0 Å². The minimum absolute atomic E-state index is 0. The van der Waals surface area contributed by atoms with Crippen molar-refractivity contribution < 1.29 is 61.4 Å². The van der Waals surface area contributed by atoms with E-state index < -0.39 is 37.8 Å². The van der Waals surface area contributed by atoms with E-state index in [1.165, 1.54) is 20.8 Å². The molecule has 0 aliphatic rings. The molecule has 0 saturated carbocycles. The Morgan fingerprint density at radius 2 is 1.00 bits per heavy atom. The van der Waals surface area contributed by atoms with E-state index in [0.717, 1.165) is 6.61 Å². The van der Waals surface area contributed by atoms with Crippen molar-refractivity contribution in [3.8, 4) is 0 Å². The van der Waals surface area contributed by atoms with Gasteiger partial charge in [-0.25, -0.2) is 0 Å². The summed E-state index contributed by atoms with van der Waals surface area (Å²) in [6.45, 7) is 17.7. The molecule has 0 heterocycles. The van der Waals surface area contributed by atoms with Crippen LogP contribution >= 0.6 is 0 Å². The fraction of sp³-hybridized carbons (Fsp3) is 0.471. The maximum absolute atomic E-state index is 9.49. The Kier molecular flexibility index (Phi) is 38.9. The Balaban J connectivity index is -0.0000000760. The van der Waals surface area contributed by atoms with Gasteiger partial charge in [-0.2, -0.15) is 0 Å². The van der Waals surface area contributed by atoms with Crippen LogP contribution in [-0.2, 0) is 40.9 Å². The first-order valence-corrected chi connectivity index (χ1v) is 8.62. The predicted molar refractivity (Wildman–Crippen MR) is 88.6 cm³/mol. The number of carboxylic acids is 3. The first-order chi connectivity index (χ1) is 12.3. The molecule has 154 valence electrons. The monoisotopic (exact) mass is 424 g/mol. The van der Waals surface area contributed by atoms with Gasteiger partial charge >= 0.3 is 47.2 Å². The van der Waals surface area contributed by atoms with Crippen LogP contribution in [0.1, 0.15) is 34.6 Å². The zero-order valence-corrected chi connectivity index (χ0v) is 18.3. The van der Waals surface area contributed by atoms with Crippen LogP contribution in [0.15, 0.2) is 36.5 Å². The van der Waals surface area contributed by atoms with E-state index in [-0.39, 0.29) is 23.3 Å². The second-order valence-electron chi connectivity index (χ2n) is 4.21. The van der Waals surface area contributed by atoms with Crippen LogP contribution in [0.5, 0.6) is 0 Å². The summed E-state index contributed by atoms with van der Waals surface area (Å²) < 4.78 is 9.57. The zero-order valence-electron chi connectivity index (χ0n) is 16.7. The van der Waals surface area contributed by atoms with Crippen molar-refractivity contribution in [2.24, 2.45) is 0 Å². The van der Waals surface area contributed by atoms with E-state index in [2.05, 4.69) is 23.1 Å². The summed E-state index contributed by atoms with van der Waals surface area (Å²) in [5.41, 5.74) is 0.194. The summed E-state index contributed by atoms with van der Waals surface area (Å²) in [6, 6.07) is 0. The molecule has 0 aromatic heterocycles. The second-order valence-corrected chi connectivity index (χ2v) is 5.56. The number of carbonyl (C=O) groups is 3. The summed E-state index contributed by atoms with van der Waals surface area (Å²) in [6.07, 6.45) is 0. The van der Waals surface area contributed by atoms with E-state index in [1.54, 1.807) is 14.0 Å². The Bertz CT molecular complexity index is 349. The van der Waals surface area contributed by atoms with Gasteiger partial charge in [0.25, 0.3) is 0 Å². The molecule has 9 nitrogen and oxygen atoms in total. The molecule has 0 aliphatic heterocycles. The molecular formula is C17H28O9Ti. The van der Waals surface area contributed by atoms with Crippen LogP contribution in [-0.4, -0.2) is 38.2 Å². The molecule has 0 spiro atoms. The van der Waals surface area contributed by atoms with Gasteiger partial charge in [0.1, 0.15) is 0 Å². The van der Waals surface area contributed by atoms with E-state index in [0.29, 0.717) is 0 Å². The first-order valence-electron chi connectivity index (χ1n) is 7.34. The molecule has 0 N–H and O–H groups in total. The van der Waals surface area contributed by atoms with Crippen LogP contribution in [0.25, 0.3) is 0 Å². The summed E-state index contributed by atoms with van der Waals surface area (Å²) in [5.74, 6) is -3.56. The first kappa shape index (κ1) is 36.2. The molecule has 0 bridgehead atoms. The van der Waals surface area contributed by atoms with Crippen LogP contribution in [0.2, 0.25) is 0 Å². The standard InChI is InChI=1S/3C4H6O2.2C2H5O.CH3O.Ti/c3*1-3(2)4(5)6;2*1-2-3;1-2;/h3*1H2,2H3,(H,5,6);2*2H2,1H3;1H3;/q;;;3*-1;+6/p-3. The quantitative estimate of drug-likeness (QED) is 0.264. The SMILES string of the molecule is C=C(C)C(=O)[O-].C=C(C)C(=O)[O-].C=C(C)C(=O)[O-].CC[O-].CC[O][Ti+4][O]C. The molecule has 0 unspecified atom stereocenters. The molecule has 27 heavy (non-hydrogen) atoms. The number of hydrogen-bond donors (Lipinski definition) is 0. The summed E-state index contributed by atoms with van der Waals surface area (Å²) in [4.78, 5) is 28.5. The summed E-state index contributed by atoms with van der Waals surface area (Å²) >= 11 is -0.479.